The first kappa shape index (κ1) is 13.9. The fraction of sp³-hybridized carbons (Fsp3) is 0.692. The third-order valence-electron chi connectivity index (χ3n) is 2.66. The Morgan fingerprint density at radius 2 is 2.06 bits per heavy atom. The van der Waals surface area contributed by atoms with Gasteiger partial charge in [0, 0.05) is 18.7 Å². The third-order valence-corrected chi connectivity index (χ3v) is 2.66. The summed E-state index contributed by atoms with van der Waals surface area (Å²) in [6.07, 6.45) is 5.08. The summed E-state index contributed by atoms with van der Waals surface area (Å²) in [6, 6.07) is 0.0678. The number of hydrogen-bond donors (Lipinski definition) is 1. The van der Waals surface area contributed by atoms with E-state index >= 15 is 0 Å². The number of aromatic nitrogens is 2. The van der Waals surface area contributed by atoms with Gasteiger partial charge in [0.2, 0.25) is 5.88 Å². The van der Waals surface area contributed by atoms with Crippen LogP contribution in [0.1, 0.15) is 39.8 Å². The van der Waals surface area contributed by atoms with Crippen LogP contribution in [0.5, 0.6) is 5.88 Å². The van der Waals surface area contributed by atoms with Crippen LogP contribution in [-0.4, -0.2) is 22.6 Å². The number of nitrogens with two attached hydrogens (primary N) is 1. The Morgan fingerprint density at radius 1 is 1.35 bits per heavy atom. The van der Waals surface area contributed by atoms with Crippen LogP contribution in [-0.2, 0) is 6.42 Å². The third kappa shape index (κ3) is 4.69. The van der Waals surface area contributed by atoms with Crippen molar-refractivity contribution < 1.29 is 4.74 Å². The molecule has 1 rings (SSSR count). The molecular weight excluding hydrogens is 214 g/mol. The van der Waals surface area contributed by atoms with Crippen molar-refractivity contribution in [2.75, 3.05) is 6.61 Å². The Bertz CT molecular complexity index is 347. The average molecular weight is 237 g/mol. The largest absolute Gasteiger partial charge is 0.477 e. The van der Waals surface area contributed by atoms with Gasteiger partial charge < -0.3 is 10.5 Å². The zero-order valence-electron chi connectivity index (χ0n) is 11.2. The van der Waals surface area contributed by atoms with E-state index in [1.165, 1.54) is 0 Å². The highest BCUT2D eigenvalue weighted by molar-refractivity contribution is 5.10. The normalized spacial score (nSPS) is 13.5. The fourth-order valence-corrected chi connectivity index (χ4v) is 1.29. The highest BCUT2D eigenvalue weighted by Crippen LogP contribution is 2.20. The summed E-state index contributed by atoms with van der Waals surface area (Å²) in [6.45, 7) is 9.11. The van der Waals surface area contributed by atoms with Crippen molar-refractivity contribution in [3.63, 3.8) is 0 Å². The maximum Gasteiger partial charge on any atom is 0.232 e. The summed E-state index contributed by atoms with van der Waals surface area (Å²) in [7, 11) is 0. The van der Waals surface area contributed by atoms with Gasteiger partial charge in [0.1, 0.15) is 0 Å². The molecule has 17 heavy (non-hydrogen) atoms. The van der Waals surface area contributed by atoms with Gasteiger partial charge in [0.15, 0.2) is 0 Å². The minimum atomic E-state index is 0.0678. The number of ether oxygens (including phenoxy) is 1. The minimum absolute atomic E-state index is 0.0678. The molecule has 0 saturated heterocycles. The summed E-state index contributed by atoms with van der Waals surface area (Å²) in [4.78, 5) is 8.53. The van der Waals surface area contributed by atoms with Crippen molar-refractivity contribution in [2.45, 2.75) is 46.6 Å². The van der Waals surface area contributed by atoms with Gasteiger partial charge >= 0.3 is 0 Å². The lowest BCUT2D eigenvalue weighted by atomic mass is 9.85. The molecule has 1 aromatic heterocycles. The van der Waals surface area contributed by atoms with E-state index in [1.807, 2.05) is 0 Å². The van der Waals surface area contributed by atoms with Crippen LogP contribution in [0.25, 0.3) is 0 Å². The molecular formula is C13H23N3O. The molecule has 0 radical (unpaired) electrons. The zero-order valence-corrected chi connectivity index (χ0v) is 11.2. The van der Waals surface area contributed by atoms with E-state index in [1.54, 1.807) is 12.4 Å². The van der Waals surface area contributed by atoms with Gasteiger partial charge in [-0.1, -0.05) is 27.7 Å². The van der Waals surface area contributed by atoms with Gasteiger partial charge in [-0.3, -0.25) is 4.98 Å². The zero-order chi connectivity index (χ0) is 12.9. The molecule has 0 amide bonds. The Labute approximate surface area is 104 Å². The quantitative estimate of drug-likeness (QED) is 0.852. The van der Waals surface area contributed by atoms with E-state index in [0.717, 1.165) is 18.5 Å². The number of nitrogens with zero attached hydrogens (tertiary/aromatic N) is 2. The lowest BCUT2D eigenvalue weighted by Gasteiger charge is -2.26. The maximum absolute atomic E-state index is 6.12. The SMILES string of the molecule is CCCOc1cncc(CC(N)C(C)(C)C)n1. The highest BCUT2D eigenvalue weighted by atomic mass is 16.5. The molecule has 1 aromatic rings. The molecule has 0 aliphatic rings. The second-order valence-electron chi connectivity index (χ2n) is 5.37. The molecule has 0 aromatic carbocycles. The molecule has 1 unspecified atom stereocenters. The second kappa shape index (κ2) is 5.96. The Morgan fingerprint density at radius 3 is 2.65 bits per heavy atom. The van der Waals surface area contributed by atoms with E-state index in [-0.39, 0.29) is 11.5 Å². The van der Waals surface area contributed by atoms with Crippen LogP contribution in [0.4, 0.5) is 0 Å². The van der Waals surface area contributed by atoms with Gasteiger partial charge in [-0.2, -0.15) is 0 Å². The summed E-state index contributed by atoms with van der Waals surface area (Å²) in [5, 5.41) is 0. The predicted octanol–water partition coefficient (Wildman–Crippen LogP) is 2.18. The van der Waals surface area contributed by atoms with Crippen LogP contribution >= 0.6 is 0 Å². The van der Waals surface area contributed by atoms with E-state index < -0.39 is 0 Å². The molecule has 96 valence electrons. The predicted molar refractivity (Wildman–Crippen MR) is 69.0 cm³/mol. The van der Waals surface area contributed by atoms with Crippen molar-refractivity contribution in [3.8, 4) is 5.88 Å². The Hall–Kier alpha value is -1.16. The molecule has 1 heterocycles. The standard InChI is InChI=1S/C13H23N3O/c1-5-6-17-12-9-15-8-10(16-12)7-11(14)13(2,3)4/h8-9,11H,5-7,14H2,1-4H3. The minimum Gasteiger partial charge on any atom is -0.477 e. The molecule has 0 saturated carbocycles. The second-order valence-corrected chi connectivity index (χ2v) is 5.37. The average Bonchev–Trinajstić information content (AvgIpc) is 2.25. The van der Waals surface area contributed by atoms with Crippen LogP contribution < -0.4 is 10.5 Å². The molecule has 0 spiro atoms. The lowest BCUT2D eigenvalue weighted by molar-refractivity contribution is 0.297. The van der Waals surface area contributed by atoms with Crippen molar-refractivity contribution in [1.29, 1.82) is 0 Å². The molecule has 4 nitrogen and oxygen atoms in total. The molecule has 0 aliphatic carbocycles. The topological polar surface area (TPSA) is 61.0 Å². The van der Waals surface area contributed by atoms with Crippen molar-refractivity contribution >= 4 is 0 Å². The molecule has 0 fully saturated rings. The summed E-state index contributed by atoms with van der Waals surface area (Å²) < 4.78 is 5.45. The summed E-state index contributed by atoms with van der Waals surface area (Å²) in [5.41, 5.74) is 7.09. The first-order chi connectivity index (χ1) is 7.93. The summed E-state index contributed by atoms with van der Waals surface area (Å²) >= 11 is 0. The van der Waals surface area contributed by atoms with E-state index in [0.29, 0.717) is 12.5 Å². The van der Waals surface area contributed by atoms with E-state index in [4.69, 9.17) is 10.5 Å². The van der Waals surface area contributed by atoms with Gasteiger partial charge in [-0.05, 0) is 11.8 Å². The first-order valence-electron chi connectivity index (χ1n) is 6.12. The van der Waals surface area contributed by atoms with Crippen molar-refractivity contribution in [3.05, 3.63) is 18.1 Å². The van der Waals surface area contributed by atoms with Gasteiger partial charge in [0.05, 0.1) is 18.5 Å². The lowest BCUT2D eigenvalue weighted by Crippen LogP contribution is -2.37. The van der Waals surface area contributed by atoms with Gasteiger partial charge in [-0.15, -0.1) is 0 Å². The van der Waals surface area contributed by atoms with E-state index in [9.17, 15) is 0 Å². The van der Waals surface area contributed by atoms with Crippen molar-refractivity contribution in [1.82, 2.24) is 9.97 Å². The number of rotatable bonds is 5. The Balaban J connectivity index is 2.65. The molecule has 1 atom stereocenters. The fourth-order valence-electron chi connectivity index (χ4n) is 1.29. The van der Waals surface area contributed by atoms with Crippen LogP contribution in [0, 0.1) is 5.41 Å². The maximum atomic E-state index is 6.12. The monoisotopic (exact) mass is 237 g/mol. The van der Waals surface area contributed by atoms with Crippen molar-refractivity contribution in [2.24, 2.45) is 11.1 Å². The van der Waals surface area contributed by atoms with Crippen LogP contribution in [0.3, 0.4) is 0 Å². The molecule has 0 aliphatic heterocycles. The van der Waals surface area contributed by atoms with Gasteiger partial charge in [-0.25, -0.2) is 4.98 Å². The van der Waals surface area contributed by atoms with Gasteiger partial charge in [0.25, 0.3) is 0 Å². The summed E-state index contributed by atoms with van der Waals surface area (Å²) in [5.74, 6) is 0.588. The first-order valence-corrected chi connectivity index (χ1v) is 6.12. The van der Waals surface area contributed by atoms with E-state index in [2.05, 4.69) is 37.7 Å². The highest BCUT2D eigenvalue weighted by Gasteiger charge is 2.21. The van der Waals surface area contributed by atoms with Crippen LogP contribution in [0.15, 0.2) is 12.4 Å². The molecule has 4 heteroatoms. The molecule has 2 N–H and O–H groups in total. The smallest absolute Gasteiger partial charge is 0.232 e. The Kier molecular flexibility index (Phi) is 4.87. The van der Waals surface area contributed by atoms with Crippen LogP contribution in [0.2, 0.25) is 0 Å². The number of hydrogen-bond acceptors (Lipinski definition) is 4. The molecule has 0 bridgehead atoms.